The lowest BCUT2D eigenvalue weighted by Crippen LogP contribution is -2.15. The monoisotopic (exact) mass is 398 g/mol. The number of nitrogens with zero attached hydrogens (tertiary/aromatic N) is 2. The van der Waals surface area contributed by atoms with E-state index in [1.807, 2.05) is 56.3 Å². The average Bonchev–Trinajstić information content (AvgIpc) is 3.15. The molecule has 8 heteroatoms. The topological polar surface area (TPSA) is 89.1 Å². The Kier molecular flexibility index (Phi) is 6.91. The van der Waals surface area contributed by atoms with Gasteiger partial charge < -0.3 is 14.8 Å². The summed E-state index contributed by atoms with van der Waals surface area (Å²) in [4.78, 5) is 16.6. The minimum atomic E-state index is -0.153. The highest BCUT2D eigenvalue weighted by molar-refractivity contribution is 7.99. The molecule has 1 aromatic heterocycles. The summed E-state index contributed by atoms with van der Waals surface area (Å²) in [6.07, 6.45) is 0. The van der Waals surface area contributed by atoms with Crippen LogP contribution in [0.3, 0.4) is 0 Å². The van der Waals surface area contributed by atoms with Gasteiger partial charge in [0.1, 0.15) is 18.1 Å². The lowest BCUT2D eigenvalue weighted by atomic mass is 10.2. The van der Waals surface area contributed by atoms with E-state index in [1.165, 1.54) is 11.8 Å². The van der Waals surface area contributed by atoms with Gasteiger partial charge in [0, 0.05) is 0 Å². The molecule has 2 N–H and O–H groups in total. The van der Waals surface area contributed by atoms with Gasteiger partial charge in [-0.3, -0.25) is 9.89 Å². The molecule has 28 heavy (non-hydrogen) atoms. The molecule has 1 heterocycles. The van der Waals surface area contributed by atoms with E-state index in [0.717, 1.165) is 11.3 Å². The van der Waals surface area contributed by atoms with Crippen molar-refractivity contribution in [1.29, 1.82) is 0 Å². The third kappa shape index (κ3) is 5.50. The highest BCUT2D eigenvalue weighted by Crippen LogP contribution is 2.24. The number of para-hydroxylation sites is 3. The van der Waals surface area contributed by atoms with Gasteiger partial charge in [0.15, 0.2) is 5.82 Å². The summed E-state index contributed by atoms with van der Waals surface area (Å²) in [5.41, 5.74) is 1.71. The van der Waals surface area contributed by atoms with Gasteiger partial charge in [-0.05, 0) is 37.6 Å². The molecular formula is C20H22N4O3S. The maximum absolute atomic E-state index is 12.2. The van der Waals surface area contributed by atoms with Crippen LogP contribution in [-0.2, 0) is 11.4 Å². The third-order valence-electron chi connectivity index (χ3n) is 3.76. The zero-order valence-corrected chi connectivity index (χ0v) is 16.6. The number of ether oxygens (including phenoxy) is 2. The van der Waals surface area contributed by atoms with Crippen molar-refractivity contribution in [2.45, 2.75) is 25.6 Å². The number of hydrogen-bond donors (Lipinski definition) is 2. The molecule has 0 fully saturated rings. The minimum Gasteiger partial charge on any atom is -0.492 e. The second-order valence-electron chi connectivity index (χ2n) is 5.88. The first-order chi connectivity index (χ1) is 13.7. The van der Waals surface area contributed by atoms with Crippen molar-refractivity contribution in [3.63, 3.8) is 0 Å². The number of benzene rings is 2. The maximum Gasteiger partial charge on any atom is 0.234 e. The normalized spacial score (nSPS) is 10.5. The van der Waals surface area contributed by atoms with Gasteiger partial charge in [-0.1, -0.05) is 42.1 Å². The van der Waals surface area contributed by atoms with E-state index in [4.69, 9.17) is 9.47 Å². The summed E-state index contributed by atoms with van der Waals surface area (Å²) in [6, 6.07) is 15.1. The molecule has 0 radical (unpaired) electrons. The van der Waals surface area contributed by atoms with E-state index in [1.54, 1.807) is 6.07 Å². The van der Waals surface area contributed by atoms with E-state index < -0.39 is 0 Å². The van der Waals surface area contributed by atoms with Gasteiger partial charge in [-0.2, -0.15) is 0 Å². The Labute approximate surface area is 167 Å². The molecule has 146 valence electrons. The number of carbonyl (C=O) groups excluding carboxylic acids is 1. The molecule has 0 spiro atoms. The number of H-pyrrole nitrogens is 1. The van der Waals surface area contributed by atoms with Crippen molar-refractivity contribution in [1.82, 2.24) is 15.2 Å². The Morgan fingerprint density at radius 1 is 1.11 bits per heavy atom. The molecule has 0 aliphatic heterocycles. The van der Waals surface area contributed by atoms with Gasteiger partial charge in [0.2, 0.25) is 11.1 Å². The lowest BCUT2D eigenvalue weighted by molar-refractivity contribution is -0.113. The molecule has 7 nitrogen and oxygen atoms in total. The van der Waals surface area contributed by atoms with E-state index in [2.05, 4.69) is 20.5 Å². The number of anilines is 1. The Morgan fingerprint density at radius 2 is 1.86 bits per heavy atom. The van der Waals surface area contributed by atoms with Crippen molar-refractivity contribution in [2.75, 3.05) is 17.7 Å². The largest absolute Gasteiger partial charge is 0.492 e. The molecule has 0 atom stereocenters. The summed E-state index contributed by atoms with van der Waals surface area (Å²) >= 11 is 1.25. The van der Waals surface area contributed by atoms with Gasteiger partial charge in [0.25, 0.3) is 0 Å². The molecule has 0 aliphatic carbocycles. The number of carbonyl (C=O) groups is 1. The number of aromatic nitrogens is 3. The standard InChI is InChI=1S/C20H22N4O3S/c1-3-26-17-11-7-5-9-15(17)21-19(25)13-28-20-22-18(23-24-20)12-27-16-10-6-4-8-14(16)2/h4-11H,3,12-13H2,1-2H3,(H,21,25)(H,22,23,24). The first-order valence-electron chi connectivity index (χ1n) is 8.90. The fraction of sp³-hybridized carbons (Fsp3) is 0.250. The van der Waals surface area contributed by atoms with Crippen molar-refractivity contribution >= 4 is 23.4 Å². The van der Waals surface area contributed by atoms with Crippen LogP contribution in [0.5, 0.6) is 11.5 Å². The highest BCUT2D eigenvalue weighted by Gasteiger charge is 2.11. The molecule has 3 rings (SSSR count). The lowest BCUT2D eigenvalue weighted by Gasteiger charge is -2.10. The maximum atomic E-state index is 12.2. The van der Waals surface area contributed by atoms with Crippen LogP contribution in [0.2, 0.25) is 0 Å². The molecule has 1 amide bonds. The van der Waals surface area contributed by atoms with Crippen LogP contribution in [-0.4, -0.2) is 33.4 Å². The first-order valence-corrected chi connectivity index (χ1v) is 9.88. The summed E-state index contributed by atoms with van der Waals surface area (Å²) in [5.74, 6) is 2.10. The molecule has 0 bridgehead atoms. The van der Waals surface area contributed by atoms with Gasteiger partial charge >= 0.3 is 0 Å². The van der Waals surface area contributed by atoms with Crippen LogP contribution in [0.4, 0.5) is 5.69 Å². The number of thioether (sulfide) groups is 1. The smallest absolute Gasteiger partial charge is 0.234 e. The average molecular weight is 398 g/mol. The molecule has 0 saturated heterocycles. The molecule has 0 aliphatic rings. The number of aromatic amines is 1. The van der Waals surface area contributed by atoms with Crippen LogP contribution in [0.25, 0.3) is 0 Å². The Morgan fingerprint density at radius 3 is 2.64 bits per heavy atom. The Balaban J connectivity index is 1.49. The fourth-order valence-corrected chi connectivity index (χ4v) is 3.06. The predicted octanol–water partition coefficient (Wildman–Crippen LogP) is 3.82. The Bertz CT molecular complexity index is 929. The first kappa shape index (κ1) is 19.8. The second kappa shape index (κ2) is 9.80. The zero-order valence-electron chi connectivity index (χ0n) is 15.8. The zero-order chi connectivity index (χ0) is 19.8. The van der Waals surface area contributed by atoms with Crippen LogP contribution in [0.1, 0.15) is 18.3 Å². The summed E-state index contributed by atoms with van der Waals surface area (Å²) in [7, 11) is 0. The number of nitrogens with one attached hydrogen (secondary N) is 2. The number of amides is 1. The van der Waals surface area contributed by atoms with Crippen molar-refractivity contribution in [3.05, 3.63) is 59.9 Å². The molecule has 2 aromatic carbocycles. The van der Waals surface area contributed by atoms with Crippen LogP contribution >= 0.6 is 11.8 Å². The molecule has 0 unspecified atom stereocenters. The molecule has 0 saturated carbocycles. The fourth-order valence-electron chi connectivity index (χ4n) is 2.44. The minimum absolute atomic E-state index is 0.153. The van der Waals surface area contributed by atoms with Gasteiger partial charge in [0.05, 0.1) is 18.0 Å². The summed E-state index contributed by atoms with van der Waals surface area (Å²) in [5, 5.41) is 10.3. The van der Waals surface area contributed by atoms with Crippen molar-refractivity contribution in [2.24, 2.45) is 0 Å². The van der Waals surface area contributed by atoms with E-state index in [9.17, 15) is 4.79 Å². The third-order valence-corrected chi connectivity index (χ3v) is 4.61. The number of hydrogen-bond acceptors (Lipinski definition) is 6. The number of rotatable bonds is 9. The van der Waals surface area contributed by atoms with E-state index in [0.29, 0.717) is 29.0 Å². The van der Waals surface area contributed by atoms with Crippen molar-refractivity contribution in [3.8, 4) is 11.5 Å². The number of aryl methyl sites for hydroxylation is 1. The molecular weight excluding hydrogens is 376 g/mol. The highest BCUT2D eigenvalue weighted by atomic mass is 32.2. The Hall–Kier alpha value is -3.00. The predicted molar refractivity (Wildman–Crippen MR) is 109 cm³/mol. The van der Waals surface area contributed by atoms with Gasteiger partial charge in [-0.25, -0.2) is 4.98 Å². The van der Waals surface area contributed by atoms with E-state index >= 15 is 0 Å². The van der Waals surface area contributed by atoms with Crippen molar-refractivity contribution < 1.29 is 14.3 Å². The van der Waals surface area contributed by atoms with Crippen LogP contribution in [0.15, 0.2) is 53.7 Å². The molecule has 3 aromatic rings. The second-order valence-corrected chi connectivity index (χ2v) is 6.83. The quantitative estimate of drug-likeness (QED) is 0.533. The van der Waals surface area contributed by atoms with Crippen LogP contribution in [0, 0.1) is 6.92 Å². The van der Waals surface area contributed by atoms with Crippen LogP contribution < -0.4 is 14.8 Å². The summed E-state index contributed by atoms with van der Waals surface area (Å²) in [6.45, 7) is 4.70. The van der Waals surface area contributed by atoms with E-state index in [-0.39, 0.29) is 18.3 Å². The van der Waals surface area contributed by atoms with Gasteiger partial charge in [-0.15, -0.1) is 5.10 Å². The summed E-state index contributed by atoms with van der Waals surface area (Å²) < 4.78 is 11.3. The SMILES string of the molecule is CCOc1ccccc1NC(=O)CSc1n[nH]c(COc2ccccc2C)n1.